The number of halogens is 1. The Morgan fingerprint density at radius 1 is 1.33 bits per heavy atom. The molecular formula is C14H16ClNO3S2. The van der Waals surface area contributed by atoms with Crippen molar-refractivity contribution in [2.24, 2.45) is 0 Å². The second-order valence-electron chi connectivity index (χ2n) is 4.44. The minimum Gasteiger partial charge on any atom is -0.468 e. The predicted octanol–water partition coefficient (Wildman–Crippen LogP) is 3.45. The van der Waals surface area contributed by atoms with Gasteiger partial charge in [0.15, 0.2) is 0 Å². The summed E-state index contributed by atoms with van der Waals surface area (Å²) in [6.45, 7) is 2.19. The Balaban J connectivity index is 1.82. The van der Waals surface area contributed by atoms with E-state index in [2.05, 4.69) is 4.72 Å². The van der Waals surface area contributed by atoms with Gasteiger partial charge in [-0.3, -0.25) is 0 Å². The first-order chi connectivity index (χ1) is 9.99. The van der Waals surface area contributed by atoms with Gasteiger partial charge >= 0.3 is 0 Å². The van der Waals surface area contributed by atoms with Crippen LogP contribution in [0.2, 0.25) is 5.02 Å². The van der Waals surface area contributed by atoms with Crippen molar-refractivity contribution in [1.82, 2.24) is 4.72 Å². The molecule has 0 aliphatic heterocycles. The lowest BCUT2D eigenvalue weighted by molar-refractivity contribution is 0.530. The summed E-state index contributed by atoms with van der Waals surface area (Å²) in [7, 11) is -3.51. The highest BCUT2D eigenvalue weighted by Crippen LogP contribution is 2.20. The zero-order valence-corrected chi connectivity index (χ0v) is 13.9. The average molecular weight is 346 g/mol. The number of rotatable bonds is 7. The highest BCUT2D eigenvalue weighted by atomic mass is 35.5. The molecule has 21 heavy (non-hydrogen) atoms. The molecule has 2 rings (SSSR count). The SMILES string of the molecule is Cc1ccc(S(=O)(=O)NCCSCc2ccco2)cc1Cl. The molecule has 0 aliphatic rings. The fourth-order valence-electron chi connectivity index (χ4n) is 1.64. The van der Waals surface area contributed by atoms with Gasteiger partial charge in [-0.25, -0.2) is 13.1 Å². The molecule has 0 fully saturated rings. The number of benzene rings is 1. The molecule has 0 atom stereocenters. The highest BCUT2D eigenvalue weighted by molar-refractivity contribution is 7.98. The maximum absolute atomic E-state index is 12.1. The Bertz CT molecular complexity index is 684. The Kier molecular flexibility index (Phi) is 5.75. The van der Waals surface area contributed by atoms with Gasteiger partial charge in [0.25, 0.3) is 0 Å². The molecule has 0 saturated heterocycles. The summed E-state index contributed by atoms with van der Waals surface area (Å²) < 4.78 is 31.9. The van der Waals surface area contributed by atoms with Crippen LogP contribution in [0.4, 0.5) is 0 Å². The fourth-order valence-corrected chi connectivity index (χ4v) is 3.83. The maximum atomic E-state index is 12.1. The first kappa shape index (κ1) is 16.4. The minimum atomic E-state index is -3.51. The standard InChI is InChI=1S/C14H16ClNO3S2/c1-11-4-5-13(9-14(11)15)21(17,18)16-6-8-20-10-12-3-2-7-19-12/h2-5,7,9,16H,6,8,10H2,1H3. The third-order valence-corrected chi connectivity index (χ3v) is 5.66. The van der Waals surface area contributed by atoms with Crippen molar-refractivity contribution < 1.29 is 12.8 Å². The van der Waals surface area contributed by atoms with Gasteiger partial charge in [0, 0.05) is 17.3 Å². The van der Waals surface area contributed by atoms with E-state index in [0.717, 1.165) is 17.1 Å². The maximum Gasteiger partial charge on any atom is 0.240 e. The van der Waals surface area contributed by atoms with E-state index in [0.29, 0.717) is 17.3 Å². The van der Waals surface area contributed by atoms with Crippen LogP contribution in [0, 0.1) is 6.92 Å². The highest BCUT2D eigenvalue weighted by Gasteiger charge is 2.14. The molecule has 0 spiro atoms. The van der Waals surface area contributed by atoms with Crippen LogP contribution in [0.15, 0.2) is 45.9 Å². The Hall–Kier alpha value is -0.950. The van der Waals surface area contributed by atoms with Crippen molar-refractivity contribution >= 4 is 33.4 Å². The van der Waals surface area contributed by atoms with Gasteiger partial charge in [0.1, 0.15) is 5.76 Å². The fraction of sp³-hybridized carbons (Fsp3) is 0.286. The molecular weight excluding hydrogens is 330 g/mol. The summed E-state index contributed by atoms with van der Waals surface area (Å²) in [6, 6.07) is 8.45. The molecule has 114 valence electrons. The van der Waals surface area contributed by atoms with E-state index in [1.165, 1.54) is 6.07 Å². The van der Waals surface area contributed by atoms with Crippen LogP contribution in [0.25, 0.3) is 0 Å². The molecule has 7 heteroatoms. The smallest absolute Gasteiger partial charge is 0.240 e. The third-order valence-electron chi connectivity index (χ3n) is 2.82. The zero-order chi connectivity index (χ0) is 15.3. The van der Waals surface area contributed by atoms with E-state index in [1.54, 1.807) is 30.2 Å². The molecule has 0 aliphatic carbocycles. The molecule has 0 unspecified atom stereocenters. The number of hydrogen-bond donors (Lipinski definition) is 1. The van der Waals surface area contributed by atoms with Gasteiger partial charge in [0.2, 0.25) is 10.0 Å². The summed E-state index contributed by atoms with van der Waals surface area (Å²) >= 11 is 7.56. The number of sulfonamides is 1. The molecule has 1 aromatic heterocycles. The third kappa shape index (κ3) is 4.78. The van der Waals surface area contributed by atoms with Gasteiger partial charge in [-0.05, 0) is 36.8 Å². The molecule has 0 saturated carbocycles. The van der Waals surface area contributed by atoms with Gasteiger partial charge in [-0.15, -0.1) is 0 Å². The van der Waals surface area contributed by atoms with Crippen LogP contribution in [-0.4, -0.2) is 20.7 Å². The van der Waals surface area contributed by atoms with E-state index in [4.69, 9.17) is 16.0 Å². The lowest BCUT2D eigenvalue weighted by Gasteiger charge is -2.07. The van der Waals surface area contributed by atoms with Crippen LogP contribution in [0.1, 0.15) is 11.3 Å². The molecule has 0 bridgehead atoms. The number of furan rings is 1. The summed E-state index contributed by atoms with van der Waals surface area (Å²) in [6.07, 6.45) is 1.62. The quantitative estimate of drug-likeness (QED) is 0.781. The first-order valence-corrected chi connectivity index (χ1v) is 9.36. The van der Waals surface area contributed by atoms with Gasteiger partial charge in [-0.2, -0.15) is 11.8 Å². The average Bonchev–Trinajstić information content (AvgIpc) is 2.94. The van der Waals surface area contributed by atoms with Crippen molar-refractivity contribution in [3.05, 3.63) is 52.9 Å². The van der Waals surface area contributed by atoms with Crippen LogP contribution in [0.5, 0.6) is 0 Å². The van der Waals surface area contributed by atoms with E-state index >= 15 is 0 Å². The van der Waals surface area contributed by atoms with Crippen molar-refractivity contribution in [3.63, 3.8) is 0 Å². The van der Waals surface area contributed by atoms with E-state index < -0.39 is 10.0 Å². The lowest BCUT2D eigenvalue weighted by atomic mass is 10.2. The lowest BCUT2D eigenvalue weighted by Crippen LogP contribution is -2.26. The summed E-state index contributed by atoms with van der Waals surface area (Å²) in [5, 5.41) is 0.449. The van der Waals surface area contributed by atoms with Crippen LogP contribution < -0.4 is 4.72 Å². The Morgan fingerprint density at radius 2 is 2.14 bits per heavy atom. The molecule has 0 radical (unpaired) electrons. The predicted molar refractivity (Wildman–Crippen MR) is 86.2 cm³/mol. The molecule has 0 amide bonds. The molecule has 1 N–H and O–H groups in total. The molecule has 4 nitrogen and oxygen atoms in total. The topological polar surface area (TPSA) is 59.3 Å². The van der Waals surface area contributed by atoms with E-state index in [1.807, 2.05) is 19.1 Å². The van der Waals surface area contributed by atoms with E-state index in [-0.39, 0.29) is 4.90 Å². The summed E-state index contributed by atoms with van der Waals surface area (Å²) in [5.74, 6) is 2.28. The van der Waals surface area contributed by atoms with Crippen molar-refractivity contribution in [2.75, 3.05) is 12.3 Å². The summed E-state index contributed by atoms with van der Waals surface area (Å²) in [4.78, 5) is 0.189. The van der Waals surface area contributed by atoms with Crippen LogP contribution >= 0.6 is 23.4 Å². The van der Waals surface area contributed by atoms with E-state index in [9.17, 15) is 8.42 Å². The van der Waals surface area contributed by atoms with Crippen molar-refractivity contribution in [1.29, 1.82) is 0 Å². The van der Waals surface area contributed by atoms with Gasteiger partial charge in [0.05, 0.1) is 16.9 Å². The minimum absolute atomic E-state index is 0.189. The van der Waals surface area contributed by atoms with Gasteiger partial charge in [-0.1, -0.05) is 17.7 Å². The summed E-state index contributed by atoms with van der Waals surface area (Å²) in [5.41, 5.74) is 0.852. The van der Waals surface area contributed by atoms with Gasteiger partial charge < -0.3 is 4.42 Å². The number of hydrogen-bond acceptors (Lipinski definition) is 4. The normalized spacial score (nSPS) is 11.7. The molecule has 1 aromatic carbocycles. The van der Waals surface area contributed by atoms with Crippen molar-refractivity contribution in [2.45, 2.75) is 17.6 Å². The number of thioether (sulfide) groups is 1. The number of nitrogens with one attached hydrogen (secondary N) is 1. The molecule has 2 aromatic rings. The molecule has 1 heterocycles. The first-order valence-electron chi connectivity index (χ1n) is 6.35. The Morgan fingerprint density at radius 3 is 2.81 bits per heavy atom. The largest absolute Gasteiger partial charge is 0.468 e. The van der Waals surface area contributed by atoms with Crippen LogP contribution in [-0.2, 0) is 15.8 Å². The number of aryl methyl sites for hydroxylation is 1. The Labute approximate surface area is 133 Å². The monoisotopic (exact) mass is 345 g/mol. The zero-order valence-electron chi connectivity index (χ0n) is 11.5. The second-order valence-corrected chi connectivity index (χ2v) is 7.72. The second kappa shape index (κ2) is 7.35. The van der Waals surface area contributed by atoms with Crippen LogP contribution in [0.3, 0.4) is 0 Å². The van der Waals surface area contributed by atoms with Crippen molar-refractivity contribution in [3.8, 4) is 0 Å².